The summed E-state index contributed by atoms with van der Waals surface area (Å²) in [5.41, 5.74) is 1.95. The van der Waals surface area contributed by atoms with E-state index in [0.717, 1.165) is 30.2 Å². The predicted molar refractivity (Wildman–Crippen MR) is 114 cm³/mol. The summed E-state index contributed by atoms with van der Waals surface area (Å²) in [5, 5.41) is 17.6. The van der Waals surface area contributed by atoms with Gasteiger partial charge >= 0.3 is 0 Å². The zero-order valence-corrected chi connectivity index (χ0v) is 18.1. The number of rotatable bonds is 7. The van der Waals surface area contributed by atoms with Crippen molar-refractivity contribution in [2.24, 2.45) is 12.0 Å². The molecule has 8 heteroatoms. The molecule has 0 aliphatic carbocycles. The van der Waals surface area contributed by atoms with Crippen LogP contribution in [0, 0.1) is 0 Å². The van der Waals surface area contributed by atoms with Gasteiger partial charge in [-0.2, -0.15) is 5.10 Å². The predicted octanol–water partition coefficient (Wildman–Crippen LogP) is 2.39. The van der Waals surface area contributed by atoms with Crippen LogP contribution in [0.15, 0.2) is 35.6 Å². The maximum Gasteiger partial charge on any atom is 0.193 e. The van der Waals surface area contributed by atoms with E-state index in [4.69, 9.17) is 4.74 Å². The molecular weight excluding hydrogens is 445 g/mol. The average molecular weight is 473 g/mol. The molecule has 0 saturated heterocycles. The van der Waals surface area contributed by atoms with Crippen molar-refractivity contribution in [3.05, 3.63) is 41.7 Å². The molecule has 0 radical (unpaired) electrons. The number of para-hydroxylation sites is 1. The Morgan fingerprint density at radius 3 is 2.81 bits per heavy atom. The molecule has 2 aromatic rings. The highest BCUT2D eigenvalue weighted by atomic mass is 127. The fourth-order valence-electron chi connectivity index (χ4n) is 2.59. The summed E-state index contributed by atoms with van der Waals surface area (Å²) < 4.78 is 6.93. The van der Waals surface area contributed by atoms with Gasteiger partial charge in [-0.1, -0.05) is 12.1 Å². The molecule has 0 aliphatic heterocycles. The summed E-state index contributed by atoms with van der Waals surface area (Å²) in [6, 6.07) is 5.50. The second kappa shape index (κ2) is 10.9. The molecule has 2 rings (SSSR count). The molecule has 0 spiro atoms. The molecule has 0 saturated carbocycles. The van der Waals surface area contributed by atoms with E-state index in [9.17, 15) is 5.11 Å². The molecule has 0 unspecified atom stereocenters. The lowest BCUT2D eigenvalue weighted by Gasteiger charge is -2.21. The largest absolute Gasteiger partial charge is 0.504 e. The average Bonchev–Trinajstić information content (AvgIpc) is 3.00. The molecule has 0 amide bonds. The van der Waals surface area contributed by atoms with Gasteiger partial charge < -0.3 is 20.1 Å². The smallest absolute Gasteiger partial charge is 0.193 e. The van der Waals surface area contributed by atoms with Gasteiger partial charge in [0.25, 0.3) is 0 Å². The number of nitrogens with one attached hydrogen (secondary N) is 1. The number of aryl methyl sites for hydroxylation is 1. The normalized spacial score (nSPS) is 11.0. The number of phenolic OH excluding ortho intramolecular Hbond substituents is 1. The standard InChI is InChI=1S/C18H27N5O2.HI/c1-5-19-18(22(2)12-14-11-21-23(3)13-14)20-10-9-15-7-6-8-16(25-4)17(15)24;/h6-8,11,13,24H,5,9-10,12H2,1-4H3,(H,19,20);1H. The Bertz CT molecular complexity index is 717. The number of methoxy groups -OCH3 is 1. The number of ether oxygens (including phenoxy) is 1. The molecule has 0 bridgehead atoms. The Labute approximate surface area is 172 Å². The molecular formula is C18H28IN5O2. The zero-order valence-electron chi connectivity index (χ0n) is 15.8. The third-order valence-electron chi connectivity index (χ3n) is 3.82. The molecule has 0 fully saturated rings. The lowest BCUT2D eigenvalue weighted by molar-refractivity contribution is 0.370. The van der Waals surface area contributed by atoms with Crippen molar-refractivity contribution in [3.63, 3.8) is 0 Å². The van der Waals surface area contributed by atoms with E-state index in [2.05, 4.69) is 20.3 Å². The zero-order chi connectivity index (χ0) is 18.2. The number of benzene rings is 1. The number of phenols is 1. The van der Waals surface area contributed by atoms with Crippen LogP contribution in [0.25, 0.3) is 0 Å². The van der Waals surface area contributed by atoms with Crippen LogP contribution < -0.4 is 10.1 Å². The highest BCUT2D eigenvalue weighted by Crippen LogP contribution is 2.29. The number of nitrogens with zero attached hydrogens (tertiary/aromatic N) is 4. The van der Waals surface area contributed by atoms with Crippen LogP contribution >= 0.6 is 24.0 Å². The minimum Gasteiger partial charge on any atom is -0.504 e. The summed E-state index contributed by atoms with van der Waals surface area (Å²) in [5.74, 6) is 1.50. The highest BCUT2D eigenvalue weighted by Gasteiger charge is 2.09. The fourth-order valence-corrected chi connectivity index (χ4v) is 2.59. The van der Waals surface area contributed by atoms with Crippen LogP contribution in [0.3, 0.4) is 0 Å². The molecule has 2 N–H and O–H groups in total. The molecule has 144 valence electrons. The van der Waals surface area contributed by atoms with Crippen molar-refractivity contribution in [1.29, 1.82) is 0 Å². The van der Waals surface area contributed by atoms with E-state index in [1.165, 1.54) is 0 Å². The van der Waals surface area contributed by atoms with Crippen molar-refractivity contribution in [2.75, 3.05) is 27.2 Å². The number of halogens is 1. The van der Waals surface area contributed by atoms with Gasteiger partial charge in [-0.05, 0) is 25.0 Å². The number of guanidine groups is 1. The number of hydrogen-bond donors (Lipinski definition) is 2. The Balaban J connectivity index is 0.00000338. The third-order valence-corrected chi connectivity index (χ3v) is 3.82. The van der Waals surface area contributed by atoms with E-state index in [0.29, 0.717) is 18.7 Å². The van der Waals surface area contributed by atoms with Gasteiger partial charge in [-0.3, -0.25) is 9.67 Å². The monoisotopic (exact) mass is 473 g/mol. The van der Waals surface area contributed by atoms with Gasteiger partial charge in [0.15, 0.2) is 17.5 Å². The van der Waals surface area contributed by atoms with Crippen LogP contribution in [0.2, 0.25) is 0 Å². The number of hydrogen-bond acceptors (Lipinski definition) is 4. The first kappa shape index (κ1) is 22.1. The maximum absolute atomic E-state index is 10.2. The van der Waals surface area contributed by atoms with Gasteiger partial charge in [-0.25, -0.2) is 0 Å². The summed E-state index contributed by atoms with van der Waals surface area (Å²) in [6.07, 6.45) is 4.49. The van der Waals surface area contributed by atoms with Gasteiger partial charge in [0, 0.05) is 45.5 Å². The van der Waals surface area contributed by atoms with Crippen molar-refractivity contribution in [2.45, 2.75) is 19.9 Å². The van der Waals surface area contributed by atoms with Crippen LogP contribution in [0.4, 0.5) is 0 Å². The van der Waals surface area contributed by atoms with Crippen LogP contribution in [-0.2, 0) is 20.0 Å². The minimum atomic E-state index is 0. The summed E-state index contributed by atoms with van der Waals surface area (Å²) in [4.78, 5) is 6.72. The summed E-state index contributed by atoms with van der Waals surface area (Å²) >= 11 is 0. The SMILES string of the molecule is CCNC(=NCCc1cccc(OC)c1O)N(C)Cc1cnn(C)c1.I. The molecule has 1 aromatic carbocycles. The second-order valence-electron chi connectivity index (χ2n) is 5.83. The molecule has 7 nitrogen and oxygen atoms in total. The van der Waals surface area contributed by atoms with Crippen molar-refractivity contribution in [1.82, 2.24) is 20.0 Å². The highest BCUT2D eigenvalue weighted by molar-refractivity contribution is 14.0. The Morgan fingerprint density at radius 2 is 2.19 bits per heavy atom. The molecule has 1 heterocycles. The number of aliphatic imine (C=N–C) groups is 1. The van der Waals surface area contributed by atoms with Crippen LogP contribution in [0.1, 0.15) is 18.1 Å². The van der Waals surface area contributed by atoms with Crippen LogP contribution in [0.5, 0.6) is 11.5 Å². The quantitative estimate of drug-likeness (QED) is 0.367. The first-order valence-corrected chi connectivity index (χ1v) is 8.37. The first-order chi connectivity index (χ1) is 12.0. The van der Waals surface area contributed by atoms with E-state index >= 15 is 0 Å². The molecule has 26 heavy (non-hydrogen) atoms. The molecule has 0 aliphatic rings. The fraction of sp³-hybridized carbons (Fsp3) is 0.444. The summed E-state index contributed by atoms with van der Waals surface area (Å²) in [7, 11) is 5.45. The van der Waals surface area contributed by atoms with Gasteiger partial charge in [-0.15, -0.1) is 24.0 Å². The maximum atomic E-state index is 10.2. The lowest BCUT2D eigenvalue weighted by Crippen LogP contribution is -2.38. The van der Waals surface area contributed by atoms with Gasteiger partial charge in [0.1, 0.15) is 0 Å². The number of aromatic nitrogens is 2. The number of aromatic hydroxyl groups is 1. The molecule has 0 atom stereocenters. The second-order valence-corrected chi connectivity index (χ2v) is 5.83. The third kappa shape index (κ3) is 6.08. The van der Waals surface area contributed by atoms with E-state index in [1.54, 1.807) is 17.9 Å². The Morgan fingerprint density at radius 1 is 1.42 bits per heavy atom. The topological polar surface area (TPSA) is 74.9 Å². The molecule has 1 aromatic heterocycles. The Kier molecular flexibility index (Phi) is 9.25. The van der Waals surface area contributed by atoms with E-state index in [-0.39, 0.29) is 29.7 Å². The van der Waals surface area contributed by atoms with E-state index in [1.807, 2.05) is 45.5 Å². The van der Waals surface area contributed by atoms with Crippen molar-refractivity contribution < 1.29 is 9.84 Å². The summed E-state index contributed by atoms with van der Waals surface area (Å²) in [6.45, 7) is 4.13. The Hall–Kier alpha value is -1.97. The lowest BCUT2D eigenvalue weighted by atomic mass is 10.1. The minimum absolute atomic E-state index is 0. The van der Waals surface area contributed by atoms with E-state index < -0.39 is 0 Å². The first-order valence-electron chi connectivity index (χ1n) is 8.37. The van der Waals surface area contributed by atoms with Crippen LogP contribution in [-0.4, -0.2) is 53.0 Å². The van der Waals surface area contributed by atoms with Crippen molar-refractivity contribution >= 4 is 29.9 Å². The van der Waals surface area contributed by atoms with Gasteiger partial charge in [0.2, 0.25) is 0 Å². The van der Waals surface area contributed by atoms with Crippen molar-refractivity contribution in [3.8, 4) is 11.5 Å². The van der Waals surface area contributed by atoms with Gasteiger partial charge in [0.05, 0.1) is 13.3 Å².